The monoisotopic (exact) mass is 594 g/mol. The van der Waals surface area contributed by atoms with Crippen molar-refractivity contribution in [3.63, 3.8) is 0 Å². The van der Waals surface area contributed by atoms with Gasteiger partial charge in [-0.3, -0.25) is 37.7 Å². The van der Waals surface area contributed by atoms with Crippen LogP contribution in [0, 0.1) is 13.8 Å². The lowest BCUT2D eigenvalue weighted by Crippen LogP contribution is -2.43. The summed E-state index contributed by atoms with van der Waals surface area (Å²) in [4.78, 5) is 62.4. The molecule has 2 fully saturated rings. The Morgan fingerprint density at radius 2 is 1.64 bits per heavy atom. The van der Waals surface area contributed by atoms with E-state index in [1.54, 1.807) is 0 Å². The highest BCUT2D eigenvalue weighted by molar-refractivity contribution is 8.07. The molecule has 39 heavy (non-hydrogen) atoms. The van der Waals surface area contributed by atoms with E-state index in [2.05, 4.69) is 9.97 Å². The van der Waals surface area contributed by atoms with Crippen molar-refractivity contribution < 1.29 is 43.8 Å². The molecule has 0 aliphatic carbocycles. The van der Waals surface area contributed by atoms with E-state index in [4.69, 9.17) is 30.3 Å². The van der Waals surface area contributed by atoms with Crippen LogP contribution in [0.1, 0.15) is 36.4 Å². The third-order valence-electron chi connectivity index (χ3n) is 6.30. The fourth-order valence-corrected chi connectivity index (χ4v) is 5.97. The van der Waals surface area contributed by atoms with E-state index < -0.39 is 85.1 Å². The predicted molar refractivity (Wildman–Crippen MR) is 132 cm³/mol. The molecule has 2 aliphatic heterocycles. The SMILES string of the molecule is Cc1cn([C@H]2C[C@H](O)[C@@H](C(O)OP(O)(=S)O[C@@]3(O)C[C@H](n4cc(C)c(=O)[nH]c4=O)O[C@@H]3CO)O2)c(=O)[nH]c1=O. The van der Waals surface area contributed by atoms with E-state index >= 15 is 0 Å². The van der Waals surface area contributed by atoms with Gasteiger partial charge in [0, 0.05) is 29.9 Å². The summed E-state index contributed by atoms with van der Waals surface area (Å²) in [6, 6.07) is 0. The third kappa shape index (κ3) is 6.06. The summed E-state index contributed by atoms with van der Waals surface area (Å²) in [5.41, 5.74) is -2.58. The molecule has 0 radical (unpaired) electrons. The Kier molecular flexibility index (Phi) is 8.28. The molecule has 0 bridgehead atoms. The zero-order valence-corrected chi connectivity index (χ0v) is 22.2. The average molecular weight is 594 g/mol. The lowest BCUT2D eigenvalue weighted by atomic mass is 10.1. The molecule has 216 valence electrons. The van der Waals surface area contributed by atoms with Crippen LogP contribution in [0.3, 0.4) is 0 Å². The minimum atomic E-state index is -4.57. The van der Waals surface area contributed by atoms with Crippen molar-refractivity contribution >= 4 is 18.5 Å². The van der Waals surface area contributed by atoms with Gasteiger partial charge in [-0.2, -0.15) is 0 Å². The first-order valence-corrected chi connectivity index (χ1v) is 14.1. The first-order chi connectivity index (χ1) is 18.1. The first-order valence-electron chi connectivity index (χ1n) is 11.5. The number of aromatic amines is 2. The number of H-pyrrole nitrogens is 2. The average Bonchev–Trinajstić information content (AvgIpc) is 3.37. The van der Waals surface area contributed by atoms with Gasteiger partial charge in [-0.15, -0.1) is 0 Å². The second-order valence-corrected chi connectivity index (χ2v) is 11.9. The number of nitrogens with one attached hydrogen (secondary N) is 2. The number of aromatic nitrogens is 4. The molecule has 0 amide bonds. The van der Waals surface area contributed by atoms with Gasteiger partial charge in [-0.1, -0.05) is 0 Å². The number of hydrogen-bond acceptors (Lipinski definition) is 13. The standard InChI is InChI=1S/C20H27N4O13PS/c1-8-5-23(18(30)21-15(8)27)12-3-10(26)14(35-12)17(29)36-38(33,39)37-20(32)4-13(34-11(20)7-25)24-6-9(2)16(28)22-19(24)31/h5-6,10-14,17,25-26,29,32H,3-4,7H2,1-2H3,(H,33,39)(H,21,27,30)(H,22,28,31)/t10-,11+,12+,13+,14-,17?,20-,38?/m0/s1. The van der Waals surface area contributed by atoms with E-state index in [-0.39, 0.29) is 17.5 Å². The maximum Gasteiger partial charge on any atom is 0.330 e. The van der Waals surface area contributed by atoms with Crippen LogP contribution in [-0.2, 0) is 30.3 Å². The minimum absolute atomic E-state index is 0.154. The van der Waals surface area contributed by atoms with Crippen LogP contribution in [-0.4, -0.2) is 81.4 Å². The largest absolute Gasteiger partial charge is 0.393 e. The summed E-state index contributed by atoms with van der Waals surface area (Å²) >= 11 is 4.91. The molecule has 4 rings (SSSR count). The van der Waals surface area contributed by atoms with Crippen LogP contribution >= 0.6 is 6.72 Å². The molecule has 4 heterocycles. The summed E-state index contributed by atoms with van der Waals surface area (Å²) in [7, 11) is 0. The molecule has 2 aliphatic rings. The van der Waals surface area contributed by atoms with E-state index in [1.165, 1.54) is 26.2 Å². The molecular weight excluding hydrogens is 567 g/mol. The van der Waals surface area contributed by atoms with Crippen molar-refractivity contribution in [1.82, 2.24) is 19.1 Å². The Morgan fingerprint density at radius 1 is 1.10 bits per heavy atom. The van der Waals surface area contributed by atoms with E-state index in [1.807, 2.05) is 0 Å². The van der Waals surface area contributed by atoms with Gasteiger partial charge in [0.05, 0.1) is 19.1 Å². The first kappa shape index (κ1) is 29.6. The molecule has 7 N–H and O–H groups in total. The van der Waals surface area contributed by atoms with Gasteiger partial charge >= 0.3 is 18.1 Å². The normalized spacial score (nSPS) is 31.3. The van der Waals surface area contributed by atoms with Crippen molar-refractivity contribution in [2.75, 3.05) is 6.61 Å². The molecular formula is C20H27N4O13PS. The Morgan fingerprint density at radius 3 is 2.18 bits per heavy atom. The highest BCUT2D eigenvalue weighted by Crippen LogP contribution is 2.53. The second-order valence-electron chi connectivity index (χ2n) is 9.18. The predicted octanol–water partition coefficient (Wildman–Crippen LogP) is -3.11. The lowest BCUT2D eigenvalue weighted by molar-refractivity contribution is -0.203. The van der Waals surface area contributed by atoms with E-state index in [9.17, 15) is 44.5 Å². The molecule has 0 saturated carbocycles. The highest BCUT2D eigenvalue weighted by Gasteiger charge is 2.53. The zero-order valence-electron chi connectivity index (χ0n) is 20.5. The van der Waals surface area contributed by atoms with Crippen LogP contribution < -0.4 is 22.5 Å². The molecule has 0 aromatic carbocycles. The summed E-state index contributed by atoms with van der Waals surface area (Å²) in [5.74, 6) is -2.51. The maximum absolute atomic E-state index is 12.2. The molecule has 2 unspecified atom stereocenters. The van der Waals surface area contributed by atoms with Gasteiger partial charge in [-0.25, -0.2) is 9.59 Å². The number of hydrogen-bond donors (Lipinski definition) is 7. The molecule has 8 atom stereocenters. The van der Waals surface area contributed by atoms with E-state index in [0.717, 1.165) is 9.13 Å². The summed E-state index contributed by atoms with van der Waals surface area (Å²) < 4.78 is 23.2. The number of aliphatic hydroxyl groups is 4. The number of nitrogens with zero attached hydrogens (tertiary/aromatic N) is 2. The Hall–Kier alpha value is -2.35. The third-order valence-corrected chi connectivity index (χ3v) is 7.81. The molecule has 19 heteroatoms. The van der Waals surface area contributed by atoms with Crippen LogP contribution in [0.5, 0.6) is 0 Å². The van der Waals surface area contributed by atoms with Gasteiger partial charge < -0.3 is 34.8 Å². The summed E-state index contributed by atoms with van der Waals surface area (Å²) in [6.07, 6.45) is -7.34. The molecule has 17 nitrogen and oxygen atoms in total. The summed E-state index contributed by atoms with van der Waals surface area (Å²) in [6.45, 7) is -2.53. The molecule has 2 saturated heterocycles. The van der Waals surface area contributed by atoms with Crippen LogP contribution in [0.2, 0.25) is 0 Å². The van der Waals surface area contributed by atoms with Crippen molar-refractivity contribution in [2.24, 2.45) is 0 Å². The number of aryl methyl sites for hydroxylation is 2. The Balaban J connectivity index is 1.47. The van der Waals surface area contributed by atoms with Crippen LogP contribution in [0.15, 0.2) is 31.6 Å². The lowest BCUT2D eigenvalue weighted by Gasteiger charge is -2.32. The van der Waals surface area contributed by atoms with Gasteiger partial charge in [-0.05, 0) is 25.7 Å². The Bertz CT molecular complexity index is 1520. The summed E-state index contributed by atoms with van der Waals surface area (Å²) in [5, 5.41) is 41.6. The van der Waals surface area contributed by atoms with Crippen LogP contribution in [0.25, 0.3) is 0 Å². The smallest absolute Gasteiger partial charge is 0.330 e. The zero-order chi connectivity index (χ0) is 28.9. The number of aliphatic hydroxyl groups excluding tert-OH is 3. The molecule has 0 spiro atoms. The number of ether oxygens (including phenoxy) is 2. The van der Waals surface area contributed by atoms with Crippen molar-refractivity contribution in [1.29, 1.82) is 0 Å². The highest BCUT2D eigenvalue weighted by atomic mass is 32.5. The van der Waals surface area contributed by atoms with Gasteiger partial charge in [0.2, 0.25) is 5.79 Å². The van der Waals surface area contributed by atoms with Crippen molar-refractivity contribution in [2.45, 2.75) is 69.5 Å². The second kappa shape index (κ2) is 10.9. The topological polar surface area (TPSA) is 248 Å². The Labute approximate surface area is 223 Å². The van der Waals surface area contributed by atoms with Crippen LogP contribution in [0.4, 0.5) is 0 Å². The fraction of sp³-hybridized carbons (Fsp3) is 0.600. The van der Waals surface area contributed by atoms with Crippen molar-refractivity contribution in [3.05, 3.63) is 65.2 Å². The fourth-order valence-electron chi connectivity index (χ4n) is 4.29. The molecule has 2 aromatic heterocycles. The van der Waals surface area contributed by atoms with Crippen molar-refractivity contribution in [3.8, 4) is 0 Å². The number of rotatable bonds is 8. The minimum Gasteiger partial charge on any atom is -0.393 e. The van der Waals surface area contributed by atoms with E-state index in [0.29, 0.717) is 0 Å². The van der Waals surface area contributed by atoms with Gasteiger partial charge in [0.25, 0.3) is 11.1 Å². The van der Waals surface area contributed by atoms with Gasteiger partial charge in [0.1, 0.15) is 24.7 Å². The van der Waals surface area contributed by atoms with Gasteiger partial charge in [0.15, 0.2) is 6.29 Å². The molecule has 2 aromatic rings. The quantitative estimate of drug-likeness (QED) is 0.118. The maximum atomic E-state index is 12.2.